The van der Waals surface area contributed by atoms with Crippen LogP contribution in [0.2, 0.25) is 0 Å². The van der Waals surface area contributed by atoms with Gasteiger partial charge in [0.05, 0.1) is 5.60 Å². The zero-order valence-corrected chi connectivity index (χ0v) is 20.8. The molecule has 0 amide bonds. The Bertz CT molecular complexity index is 830. The molecule has 21 heteroatoms. The topological polar surface area (TPSA) is 85.3 Å². The van der Waals surface area contributed by atoms with Gasteiger partial charge in [0.2, 0.25) is 5.91 Å². The second-order valence-electron chi connectivity index (χ2n) is 8.70. The molecule has 0 aliphatic rings. The van der Waals surface area contributed by atoms with Crippen molar-refractivity contribution in [3.63, 3.8) is 0 Å². The summed E-state index contributed by atoms with van der Waals surface area (Å²) in [6.45, 7) is -0.506. The Labute approximate surface area is 216 Å². The Kier molecular flexibility index (Phi) is 11.3. The molecule has 0 rings (SSSR count). The minimum absolute atomic E-state index is 0.110. The van der Waals surface area contributed by atoms with Gasteiger partial charge < -0.3 is 19.3 Å². The van der Waals surface area contributed by atoms with Gasteiger partial charge in [0.25, 0.3) is 0 Å². The van der Waals surface area contributed by atoms with Crippen molar-refractivity contribution in [1.29, 1.82) is 0 Å². The molecule has 0 saturated heterocycles. The third-order valence-electron chi connectivity index (χ3n) is 5.11. The van der Waals surface area contributed by atoms with Crippen LogP contribution in [0.25, 0.3) is 0 Å². The minimum atomic E-state index is -6.89. The average Bonchev–Trinajstić information content (AvgIpc) is 2.74. The molecule has 1 atom stereocenters. The maximum atomic E-state index is 13.4. The van der Waals surface area contributed by atoms with E-state index in [9.17, 15) is 76.2 Å². The summed E-state index contributed by atoms with van der Waals surface area (Å²) in [5.41, 5.74) is -1.28. The fraction of sp³-hybridized carbons (Fsp3) is 0.895. The van der Waals surface area contributed by atoms with Crippen LogP contribution in [0.3, 0.4) is 0 Å². The number of halogens is 14. The molecule has 7 nitrogen and oxygen atoms in total. The number of hydrogen-bond acceptors (Lipinski definition) is 7. The van der Waals surface area contributed by atoms with Gasteiger partial charge in [-0.1, -0.05) is 6.92 Å². The largest absolute Gasteiger partial charge is 0.460 e. The van der Waals surface area contributed by atoms with Crippen molar-refractivity contribution in [1.82, 2.24) is 4.90 Å². The quantitative estimate of drug-likeness (QED) is 0.167. The summed E-state index contributed by atoms with van der Waals surface area (Å²) < 4.78 is 191. The lowest BCUT2D eigenvalue weighted by Crippen LogP contribution is -2.58. The van der Waals surface area contributed by atoms with Gasteiger partial charge in [-0.2, -0.15) is 61.5 Å². The number of aliphatic hydroxyl groups is 1. The number of nitrogens with zero attached hydrogens (tertiary/aromatic N) is 1. The average molecular weight is 627 g/mol. The highest BCUT2D eigenvalue weighted by molar-refractivity contribution is 5.79. The highest BCUT2D eigenvalue weighted by atomic mass is 19.4. The van der Waals surface area contributed by atoms with Gasteiger partial charge in [-0.05, 0) is 20.3 Å². The van der Waals surface area contributed by atoms with Gasteiger partial charge in [-0.15, -0.1) is 0 Å². The van der Waals surface area contributed by atoms with Gasteiger partial charge in [-0.3, -0.25) is 0 Å². The molecule has 1 unspecified atom stereocenters. The van der Waals surface area contributed by atoms with Crippen molar-refractivity contribution in [3.8, 4) is 0 Å². The van der Waals surface area contributed by atoms with Crippen LogP contribution < -0.4 is 0 Å². The number of hydrogen-bond donors (Lipinski definition) is 1. The summed E-state index contributed by atoms with van der Waals surface area (Å²) in [4.78, 5) is 22.9. The van der Waals surface area contributed by atoms with E-state index in [1.165, 1.54) is 20.8 Å². The molecule has 40 heavy (non-hydrogen) atoms. The van der Waals surface area contributed by atoms with E-state index in [0.717, 1.165) is 6.92 Å². The molecular formula is C19H23F14NO6. The standard InChI is InChI=1S/C19H23F14NO6/c1-5-12(2,3)40-13(4,37)34(6-8-38-10(35)14(20,21)16(24,25)18(28,29)30)7-9-39-11(36)15(22,23)17(26,27)19(31,32)33/h37H,5-9H2,1-4H3. The van der Waals surface area contributed by atoms with E-state index in [2.05, 4.69) is 9.47 Å². The highest BCUT2D eigenvalue weighted by Crippen LogP contribution is 2.48. The zero-order chi connectivity index (χ0) is 32.4. The molecule has 0 aliphatic heterocycles. The van der Waals surface area contributed by atoms with E-state index in [0.29, 0.717) is 4.90 Å². The SMILES string of the molecule is CCC(C)(C)OC(C)(O)N(CCOC(=O)C(F)(F)C(F)(F)C(F)(F)F)CCOC(=O)C(F)(F)C(F)(F)C(F)(F)F. The normalized spacial score (nSPS) is 16.1. The predicted octanol–water partition coefficient (Wildman–Crippen LogP) is 4.91. The third-order valence-corrected chi connectivity index (χ3v) is 5.11. The molecular weight excluding hydrogens is 604 g/mol. The molecule has 238 valence electrons. The van der Waals surface area contributed by atoms with Crippen LogP contribution >= 0.6 is 0 Å². The second-order valence-corrected chi connectivity index (χ2v) is 8.70. The molecule has 0 aromatic carbocycles. The monoisotopic (exact) mass is 627 g/mol. The molecule has 0 aliphatic carbocycles. The second kappa shape index (κ2) is 12.0. The number of rotatable bonds is 14. The lowest BCUT2D eigenvalue weighted by atomic mass is 10.1. The van der Waals surface area contributed by atoms with Crippen molar-refractivity contribution in [2.75, 3.05) is 26.3 Å². The fourth-order valence-electron chi connectivity index (χ4n) is 2.48. The molecule has 0 saturated carbocycles. The molecule has 1 N–H and O–H groups in total. The van der Waals surface area contributed by atoms with E-state index in [1.54, 1.807) is 0 Å². The van der Waals surface area contributed by atoms with Crippen molar-refractivity contribution in [3.05, 3.63) is 0 Å². The number of carbonyl (C=O) groups is 2. The Balaban J connectivity index is 5.73. The fourth-order valence-corrected chi connectivity index (χ4v) is 2.48. The van der Waals surface area contributed by atoms with Gasteiger partial charge in [0, 0.05) is 20.0 Å². The summed E-state index contributed by atoms with van der Waals surface area (Å²) in [6, 6.07) is 0. The first-order chi connectivity index (χ1) is 17.4. The van der Waals surface area contributed by atoms with E-state index in [-0.39, 0.29) is 6.42 Å². The molecule has 0 radical (unpaired) electrons. The zero-order valence-electron chi connectivity index (χ0n) is 20.8. The predicted molar refractivity (Wildman–Crippen MR) is 101 cm³/mol. The first kappa shape index (κ1) is 37.8. The van der Waals surface area contributed by atoms with E-state index >= 15 is 0 Å². The summed E-state index contributed by atoms with van der Waals surface area (Å²) in [5.74, 6) is -36.1. The lowest BCUT2D eigenvalue weighted by Gasteiger charge is -2.41. The molecule has 0 aromatic rings. The van der Waals surface area contributed by atoms with E-state index in [4.69, 9.17) is 4.74 Å². The van der Waals surface area contributed by atoms with Crippen LogP contribution in [0.1, 0.15) is 34.1 Å². The van der Waals surface area contributed by atoms with Crippen LogP contribution in [0.15, 0.2) is 0 Å². The van der Waals surface area contributed by atoms with Crippen LogP contribution in [0, 0.1) is 0 Å². The summed E-state index contributed by atoms with van der Waals surface area (Å²) in [7, 11) is 0. The lowest BCUT2D eigenvalue weighted by molar-refractivity contribution is -0.349. The van der Waals surface area contributed by atoms with Gasteiger partial charge >= 0.3 is 48.0 Å². The number of esters is 2. The minimum Gasteiger partial charge on any atom is -0.460 e. The molecule has 0 heterocycles. The third kappa shape index (κ3) is 8.20. The molecule has 0 fully saturated rings. The number of carbonyl (C=O) groups excluding carboxylic acids is 2. The van der Waals surface area contributed by atoms with E-state index < -0.39 is 85.8 Å². The first-order valence-corrected chi connectivity index (χ1v) is 10.6. The van der Waals surface area contributed by atoms with Gasteiger partial charge in [-0.25, -0.2) is 14.5 Å². The Morgan fingerprint density at radius 3 is 1.20 bits per heavy atom. The van der Waals surface area contributed by atoms with Crippen molar-refractivity contribution in [2.45, 2.75) is 81.7 Å². The molecule has 0 bridgehead atoms. The Hall–Kier alpha value is -2.16. The Morgan fingerprint density at radius 2 is 0.950 bits per heavy atom. The summed E-state index contributed by atoms with van der Waals surface area (Å²) >= 11 is 0. The molecule has 0 aromatic heterocycles. The first-order valence-electron chi connectivity index (χ1n) is 10.6. The summed E-state index contributed by atoms with van der Waals surface area (Å²) in [6.07, 6.45) is -13.7. The molecule has 0 spiro atoms. The smallest absolute Gasteiger partial charge is 0.460 e. The van der Waals surface area contributed by atoms with Crippen molar-refractivity contribution in [2.24, 2.45) is 0 Å². The van der Waals surface area contributed by atoms with Crippen LogP contribution in [0.4, 0.5) is 61.5 Å². The van der Waals surface area contributed by atoms with Crippen LogP contribution in [-0.4, -0.2) is 95.8 Å². The van der Waals surface area contributed by atoms with Crippen LogP contribution in [0.5, 0.6) is 0 Å². The van der Waals surface area contributed by atoms with Crippen LogP contribution in [-0.2, 0) is 23.8 Å². The van der Waals surface area contributed by atoms with E-state index in [1.807, 2.05) is 0 Å². The van der Waals surface area contributed by atoms with Crippen molar-refractivity contribution < 1.29 is 90.4 Å². The van der Waals surface area contributed by atoms with Gasteiger partial charge in [0.1, 0.15) is 13.2 Å². The maximum Gasteiger partial charge on any atom is 0.460 e. The summed E-state index contributed by atoms with van der Waals surface area (Å²) in [5, 5.41) is 10.6. The number of alkyl halides is 14. The Morgan fingerprint density at radius 1 is 0.650 bits per heavy atom. The number of ether oxygens (including phenoxy) is 3. The van der Waals surface area contributed by atoms with Gasteiger partial charge in [0.15, 0.2) is 0 Å². The highest BCUT2D eigenvalue weighted by Gasteiger charge is 2.78. The maximum absolute atomic E-state index is 13.4. The van der Waals surface area contributed by atoms with Crippen molar-refractivity contribution >= 4 is 11.9 Å².